The van der Waals surface area contributed by atoms with Crippen molar-refractivity contribution in [2.24, 2.45) is 0 Å². The van der Waals surface area contributed by atoms with Crippen LogP contribution in [-0.4, -0.2) is 26.6 Å². The summed E-state index contributed by atoms with van der Waals surface area (Å²) in [5.41, 5.74) is 1.19. The predicted molar refractivity (Wildman–Crippen MR) is 149 cm³/mol. The molecular weight excluding hydrogens is 581 g/mol. The fourth-order valence-corrected chi connectivity index (χ4v) is 5.18. The number of ether oxygens (including phenoxy) is 1. The quantitative estimate of drug-likeness (QED) is 0.100. The molecule has 1 heterocycles. The maximum atomic E-state index is 13.9. The van der Waals surface area contributed by atoms with Gasteiger partial charge in [0.25, 0.3) is 5.69 Å². The van der Waals surface area contributed by atoms with Crippen molar-refractivity contribution >= 4 is 40.6 Å². The van der Waals surface area contributed by atoms with Gasteiger partial charge in [0, 0.05) is 28.3 Å². The van der Waals surface area contributed by atoms with Crippen LogP contribution in [0.1, 0.15) is 22.4 Å². The maximum absolute atomic E-state index is 13.9. The maximum Gasteiger partial charge on any atom is 0.433 e. The van der Waals surface area contributed by atoms with E-state index >= 15 is 0 Å². The molecule has 0 atom stereocenters. The van der Waals surface area contributed by atoms with Crippen LogP contribution in [0, 0.1) is 17.0 Å². The third kappa shape index (κ3) is 6.44. The van der Waals surface area contributed by atoms with Crippen molar-refractivity contribution in [2.45, 2.75) is 31.1 Å². The van der Waals surface area contributed by atoms with E-state index in [2.05, 4.69) is 15.3 Å². The normalized spacial score (nSPS) is 12.3. The first kappa shape index (κ1) is 28.4. The van der Waals surface area contributed by atoms with E-state index in [1.165, 1.54) is 12.1 Å². The lowest BCUT2D eigenvalue weighted by molar-refractivity contribution is -0.384. The van der Waals surface area contributed by atoms with Gasteiger partial charge >= 0.3 is 6.18 Å². The van der Waals surface area contributed by atoms with Crippen molar-refractivity contribution in [3.8, 4) is 22.8 Å². The Bertz CT molecular complexity index is 1680. The summed E-state index contributed by atoms with van der Waals surface area (Å²) in [6, 6.07) is 15.7. The fraction of sp³-hybridized carbons (Fsp3) is 0.179. The second kappa shape index (κ2) is 11.4. The van der Waals surface area contributed by atoms with Crippen molar-refractivity contribution < 1.29 is 27.6 Å². The van der Waals surface area contributed by atoms with E-state index in [0.717, 1.165) is 29.0 Å². The number of rotatable bonds is 7. The average Bonchev–Trinajstić information content (AvgIpc) is 2.92. The molecular formula is C28H20ClF3N4O4S. The van der Waals surface area contributed by atoms with E-state index in [1.807, 2.05) is 12.1 Å². The Morgan fingerprint density at radius 1 is 1.10 bits per heavy atom. The van der Waals surface area contributed by atoms with Gasteiger partial charge in [0.1, 0.15) is 11.5 Å². The highest BCUT2D eigenvalue weighted by atomic mass is 35.5. The number of hydrogen-bond acceptors (Lipinski definition) is 7. The SMILES string of the molecule is Cc1cc(Oc2cc(NC(=O)CSc3nc4c(c(C(F)(F)F)n3)CCc3ccccc3-4)cc([N+](=O)[O-])c2)ccc1Cl. The van der Waals surface area contributed by atoms with Crippen LogP contribution in [0.15, 0.2) is 65.8 Å². The fourth-order valence-electron chi connectivity index (χ4n) is 4.41. The first-order valence-electron chi connectivity index (χ1n) is 12.2. The molecule has 4 aromatic rings. The molecule has 0 spiro atoms. The number of nitro groups is 1. The summed E-state index contributed by atoms with van der Waals surface area (Å²) in [6.07, 6.45) is -4.10. The first-order valence-corrected chi connectivity index (χ1v) is 13.6. The van der Waals surface area contributed by atoms with Crippen LogP contribution in [0.3, 0.4) is 0 Å². The number of nitro benzene ring substituents is 1. The zero-order chi connectivity index (χ0) is 29.3. The number of aryl methyl sites for hydroxylation is 2. The number of aromatic nitrogens is 2. The number of thioether (sulfide) groups is 1. The van der Waals surface area contributed by atoms with Crippen LogP contribution < -0.4 is 10.1 Å². The molecule has 1 aliphatic rings. The molecule has 0 fully saturated rings. The number of carbonyl (C=O) groups is 1. The van der Waals surface area contributed by atoms with Gasteiger partial charge in [0.15, 0.2) is 10.9 Å². The smallest absolute Gasteiger partial charge is 0.433 e. The number of fused-ring (bicyclic) bond motifs is 3. The highest BCUT2D eigenvalue weighted by Gasteiger charge is 2.39. The third-order valence-corrected chi connectivity index (χ3v) is 7.53. The molecule has 1 N–H and O–H groups in total. The molecule has 0 saturated carbocycles. The molecule has 1 aliphatic carbocycles. The molecule has 0 saturated heterocycles. The second-order valence-electron chi connectivity index (χ2n) is 9.16. The van der Waals surface area contributed by atoms with Gasteiger partial charge in [-0.1, -0.05) is 47.6 Å². The van der Waals surface area contributed by atoms with Crippen molar-refractivity contribution in [1.82, 2.24) is 9.97 Å². The van der Waals surface area contributed by atoms with Gasteiger partial charge in [-0.15, -0.1) is 0 Å². The highest BCUT2D eigenvalue weighted by molar-refractivity contribution is 7.99. The topological polar surface area (TPSA) is 107 Å². The Hall–Kier alpha value is -4.16. The number of halogens is 4. The summed E-state index contributed by atoms with van der Waals surface area (Å²) in [5, 5.41) is 14.3. The number of carbonyl (C=O) groups excluding carboxylic acids is 1. The Morgan fingerprint density at radius 3 is 2.61 bits per heavy atom. The van der Waals surface area contributed by atoms with E-state index in [1.54, 1.807) is 37.3 Å². The van der Waals surface area contributed by atoms with Gasteiger partial charge < -0.3 is 10.1 Å². The minimum Gasteiger partial charge on any atom is -0.457 e. The number of anilines is 1. The minimum atomic E-state index is -4.70. The van der Waals surface area contributed by atoms with Gasteiger partial charge in [-0.25, -0.2) is 9.97 Å². The van der Waals surface area contributed by atoms with E-state index in [-0.39, 0.29) is 45.7 Å². The minimum absolute atomic E-state index is 0.0324. The Labute approximate surface area is 241 Å². The Balaban J connectivity index is 1.36. The Morgan fingerprint density at radius 2 is 1.88 bits per heavy atom. The second-order valence-corrected chi connectivity index (χ2v) is 10.5. The number of benzene rings is 3. The lowest BCUT2D eigenvalue weighted by Gasteiger charge is -2.22. The van der Waals surface area contributed by atoms with Crippen LogP contribution in [0.2, 0.25) is 5.02 Å². The highest BCUT2D eigenvalue weighted by Crippen LogP contribution is 2.40. The van der Waals surface area contributed by atoms with Crippen molar-refractivity contribution in [1.29, 1.82) is 0 Å². The van der Waals surface area contributed by atoms with Crippen LogP contribution in [0.25, 0.3) is 11.3 Å². The van der Waals surface area contributed by atoms with Gasteiger partial charge in [0.2, 0.25) is 5.91 Å². The molecule has 0 radical (unpaired) electrons. The van der Waals surface area contributed by atoms with E-state index in [4.69, 9.17) is 16.3 Å². The molecule has 3 aromatic carbocycles. The molecule has 0 unspecified atom stereocenters. The number of amides is 1. The molecule has 5 rings (SSSR count). The van der Waals surface area contributed by atoms with E-state index < -0.39 is 22.7 Å². The average molecular weight is 601 g/mol. The molecule has 1 amide bonds. The molecule has 41 heavy (non-hydrogen) atoms. The molecule has 0 aliphatic heterocycles. The van der Waals surface area contributed by atoms with Gasteiger partial charge in [0.05, 0.1) is 28.1 Å². The summed E-state index contributed by atoms with van der Waals surface area (Å²) < 4.78 is 47.5. The number of non-ortho nitro benzene ring substituents is 1. The lowest BCUT2D eigenvalue weighted by Crippen LogP contribution is -2.19. The Kier molecular flexibility index (Phi) is 7.87. The largest absolute Gasteiger partial charge is 0.457 e. The van der Waals surface area contributed by atoms with Crippen LogP contribution in [-0.2, 0) is 23.8 Å². The van der Waals surface area contributed by atoms with Crippen LogP contribution in [0.5, 0.6) is 11.5 Å². The monoisotopic (exact) mass is 600 g/mol. The van der Waals surface area contributed by atoms with Crippen LogP contribution >= 0.6 is 23.4 Å². The number of nitrogens with zero attached hydrogens (tertiary/aromatic N) is 3. The summed E-state index contributed by atoms with van der Waals surface area (Å²) in [7, 11) is 0. The number of nitrogens with one attached hydrogen (secondary N) is 1. The zero-order valence-electron chi connectivity index (χ0n) is 21.3. The number of alkyl halides is 3. The van der Waals surface area contributed by atoms with Crippen LogP contribution in [0.4, 0.5) is 24.5 Å². The third-order valence-electron chi connectivity index (χ3n) is 6.26. The first-order chi connectivity index (χ1) is 19.5. The van der Waals surface area contributed by atoms with E-state index in [0.29, 0.717) is 22.8 Å². The van der Waals surface area contributed by atoms with Gasteiger partial charge in [-0.2, -0.15) is 13.2 Å². The zero-order valence-corrected chi connectivity index (χ0v) is 22.9. The number of hydrogen-bond donors (Lipinski definition) is 1. The summed E-state index contributed by atoms with van der Waals surface area (Å²) >= 11 is 6.77. The molecule has 8 nitrogen and oxygen atoms in total. The summed E-state index contributed by atoms with van der Waals surface area (Å²) in [5.74, 6) is -0.492. The summed E-state index contributed by atoms with van der Waals surface area (Å²) in [4.78, 5) is 31.7. The van der Waals surface area contributed by atoms with Crippen molar-refractivity contribution in [2.75, 3.05) is 11.1 Å². The van der Waals surface area contributed by atoms with Gasteiger partial charge in [-0.05, 0) is 49.1 Å². The molecule has 1 aromatic heterocycles. The molecule has 210 valence electrons. The van der Waals surface area contributed by atoms with Crippen molar-refractivity contribution in [3.63, 3.8) is 0 Å². The standard InChI is InChI=1S/C28H20ClF3N4O4S/c1-15-10-19(7-9-23(15)29)40-20-12-17(11-18(13-20)36(38)39)33-24(37)14-41-27-34-25-21-5-3-2-4-16(21)6-8-22(25)26(35-27)28(30,31)32/h2-5,7,9-13H,6,8,14H2,1H3,(H,33,37). The lowest BCUT2D eigenvalue weighted by atomic mass is 9.88. The van der Waals surface area contributed by atoms with E-state index in [9.17, 15) is 28.1 Å². The van der Waals surface area contributed by atoms with Gasteiger partial charge in [-0.3, -0.25) is 14.9 Å². The molecule has 0 bridgehead atoms. The molecule has 13 heteroatoms. The summed E-state index contributed by atoms with van der Waals surface area (Å²) in [6.45, 7) is 1.77. The van der Waals surface area contributed by atoms with Crippen molar-refractivity contribution in [3.05, 3.63) is 98.2 Å². The predicted octanol–water partition coefficient (Wildman–Crippen LogP) is 7.65.